The molecule has 2 rings (SSSR count). The Balaban J connectivity index is 2.20. The van der Waals surface area contributed by atoms with Crippen LogP contribution in [0.3, 0.4) is 0 Å². The largest absolute Gasteiger partial charge is 0.383 e. The Morgan fingerprint density at radius 1 is 1.29 bits per heavy atom. The van der Waals surface area contributed by atoms with E-state index in [-0.39, 0.29) is 0 Å². The number of anilines is 3. The van der Waals surface area contributed by atoms with Crippen molar-refractivity contribution in [1.29, 1.82) is 0 Å². The fourth-order valence-corrected chi connectivity index (χ4v) is 1.99. The van der Waals surface area contributed by atoms with Gasteiger partial charge in [-0.05, 0) is 6.92 Å². The van der Waals surface area contributed by atoms with E-state index < -0.39 is 0 Å². The number of rotatable bonds is 7. The predicted octanol–water partition coefficient (Wildman–Crippen LogP) is 0.223. The van der Waals surface area contributed by atoms with Crippen LogP contribution >= 0.6 is 0 Å². The minimum atomic E-state index is 0.605. The maximum atomic E-state index is 5.37. The van der Waals surface area contributed by atoms with Crippen molar-refractivity contribution in [3.05, 3.63) is 0 Å². The molecule has 1 saturated heterocycles. The molecule has 8 heteroatoms. The van der Waals surface area contributed by atoms with Gasteiger partial charge in [-0.15, -0.1) is 0 Å². The van der Waals surface area contributed by atoms with Gasteiger partial charge in [0, 0.05) is 40.3 Å². The van der Waals surface area contributed by atoms with Gasteiger partial charge < -0.3 is 24.6 Å². The summed E-state index contributed by atoms with van der Waals surface area (Å²) < 4.78 is 10.5. The standard InChI is InChI=1S/C13H24N6O2/c1-4-14-11-15-12(18(2)5-8-20-3)17-13(16-11)19-6-9-21-10-7-19/h4-10H2,1-3H3,(H,14,15,16,17). The Bertz CT molecular complexity index is 439. The monoisotopic (exact) mass is 296 g/mol. The number of morpholine rings is 1. The van der Waals surface area contributed by atoms with E-state index in [1.54, 1.807) is 7.11 Å². The molecule has 0 unspecified atom stereocenters. The third kappa shape index (κ3) is 4.40. The number of methoxy groups -OCH3 is 1. The van der Waals surface area contributed by atoms with Gasteiger partial charge in [-0.25, -0.2) is 0 Å². The molecule has 0 spiro atoms. The molecule has 0 amide bonds. The van der Waals surface area contributed by atoms with Crippen LogP contribution in [0.15, 0.2) is 0 Å². The van der Waals surface area contributed by atoms with Gasteiger partial charge in [-0.2, -0.15) is 15.0 Å². The van der Waals surface area contributed by atoms with E-state index in [1.165, 1.54) is 0 Å². The van der Waals surface area contributed by atoms with Crippen LogP contribution in [-0.2, 0) is 9.47 Å². The van der Waals surface area contributed by atoms with Crippen molar-refractivity contribution < 1.29 is 9.47 Å². The van der Waals surface area contributed by atoms with Crippen LogP contribution in [0.4, 0.5) is 17.8 Å². The zero-order valence-electron chi connectivity index (χ0n) is 13.0. The second-order valence-electron chi connectivity index (χ2n) is 4.80. The first kappa shape index (κ1) is 15.7. The van der Waals surface area contributed by atoms with Crippen LogP contribution in [0.25, 0.3) is 0 Å². The molecule has 2 heterocycles. The molecule has 1 aliphatic rings. The Kier molecular flexibility index (Phi) is 5.94. The second kappa shape index (κ2) is 7.94. The summed E-state index contributed by atoms with van der Waals surface area (Å²) in [4.78, 5) is 17.6. The molecule has 1 aromatic rings. The molecule has 0 atom stereocenters. The van der Waals surface area contributed by atoms with Crippen molar-refractivity contribution >= 4 is 17.8 Å². The van der Waals surface area contributed by atoms with Gasteiger partial charge in [0.15, 0.2) is 0 Å². The highest BCUT2D eigenvalue weighted by Crippen LogP contribution is 2.16. The molecule has 1 fully saturated rings. The lowest BCUT2D eigenvalue weighted by Crippen LogP contribution is -2.38. The first-order valence-electron chi connectivity index (χ1n) is 7.27. The molecule has 0 bridgehead atoms. The molecule has 8 nitrogen and oxygen atoms in total. The first-order valence-corrected chi connectivity index (χ1v) is 7.27. The van der Waals surface area contributed by atoms with Crippen LogP contribution in [0.2, 0.25) is 0 Å². The molecule has 0 radical (unpaired) electrons. The van der Waals surface area contributed by atoms with Gasteiger partial charge >= 0.3 is 0 Å². The van der Waals surface area contributed by atoms with Gasteiger partial charge in [-0.3, -0.25) is 0 Å². The Morgan fingerprint density at radius 3 is 2.71 bits per heavy atom. The smallest absolute Gasteiger partial charge is 0.232 e. The number of hydrogen-bond acceptors (Lipinski definition) is 8. The summed E-state index contributed by atoms with van der Waals surface area (Å²) in [5.41, 5.74) is 0. The van der Waals surface area contributed by atoms with Crippen LogP contribution in [0.5, 0.6) is 0 Å². The number of likely N-dealkylation sites (N-methyl/N-ethyl adjacent to an activating group) is 1. The average Bonchev–Trinajstić information content (AvgIpc) is 2.53. The zero-order valence-corrected chi connectivity index (χ0v) is 13.0. The van der Waals surface area contributed by atoms with E-state index in [0.29, 0.717) is 37.7 Å². The minimum Gasteiger partial charge on any atom is -0.383 e. The lowest BCUT2D eigenvalue weighted by Gasteiger charge is -2.28. The molecule has 0 aliphatic carbocycles. The van der Waals surface area contributed by atoms with E-state index in [0.717, 1.165) is 26.2 Å². The highest BCUT2D eigenvalue weighted by Gasteiger charge is 2.17. The van der Waals surface area contributed by atoms with Gasteiger partial charge in [-0.1, -0.05) is 0 Å². The van der Waals surface area contributed by atoms with Crippen molar-refractivity contribution in [3.8, 4) is 0 Å². The van der Waals surface area contributed by atoms with E-state index in [9.17, 15) is 0 Å². The molecule has 118 valence electrons. The maximum absolute atomic E-state index is 5.37. The topological polar surface area (TPSA) is 75.6 Å². The lowest BCUT2D eigenvalue weighted by molar-refractivity contribution is 0.122. The summed E-state index contributed by atoms with van der Waals surface area (Å²) >= 11 is 0. The quantitative estimate of drug-likeness (QED) is 0.766. The number of ether oxygens (including phenoxy) is 2. The molecule has 0 saturated carbocycles. The Hall–Kier alpha value is -1.67. The van der Waals surface area contributed by atoms with Crippen LogP contribution in [-0.4, -0.2) is 75.1 Å². The van der Waals surface area contributed by atoms with Crippen molar-refractivity contribution in [2.75, 3.05) is 75.3 Å². The van der Waals surface area contributed by atoms with Crippen LogP contribution < -0.4 is 15.1 Å². The SMILES string of the molecule is CCNc1nc(N(C)CCOC)nc(N2CCOCC2)n1. The van der Waals surface area contributed by atoms with Crippen LogP contribution in [0, 0.1) is 0 Å². The Labute approximate surface area is 125 Å². The minimum absolute atomic E-state index is 0.605. The summed E-state index contributed by atoms with van der Waals surface area (Å²) in [5, 5.41) is 3.16. The predicted molar refractivity (Wildman–Crippen MR) is 82.2 cm³/mol. The summed E-state index contributed by atoms with van der Waals surface area (Å²) in [6, 6.07) is 0. The van der Waals surface area contributed by atoms with E-state index >= 15 is 0 Å². The normalized spacial score (nSPS) is 15.1. The maximum Gasteiger partial charge on any atom is 0.232 e. The van der Waals surface area contributed by atoms with E-state index in [1.807, 2.05) is 18.9 Å². The van der Waals surface area contributed by atoms with Crippen molar-refractivity contribution in [1.82, 2.24) is 15.0 Å². The van der Waals surface area contributed by atoms with Gasteiger partial charge in [0.25, 0.3) is 0 Å². The summed E-state index contributed by atoms with van der Waals surface area (Å²) in [6.07, 6.45) is 0. The molecule has 0 aromatic carbocycles. The number of nitrogens with one attached hydrogen (secondary N) is 1. The van der Waals surface area contributed by atoms with Crippen LogP contribution in [0.1, 0.15) is 6.92 Å². The molecular formula is C13H24N6O2. The number of nitrogens with zero attached hydrogens (tertiary/aromatic N) is 5. The van der Waals surface area contributed by atoms with Crippen molar-refractivity contribution in [2.45, 2.75) is 6.92 Å². The third-order valence-corrected chi connectivity index (χ3v) is 3.21. The van der Waals surface area contributed by atoms with Gasteiger partial charge in [0.05, 0.1) is 19.8 Å². The highest BCUT2D eigenvalue weighted by molar-refractivity contribution is 5.45. The highest BCUT2D eigenvalue weighted by atomic mass is 16.5. The molecular weight excluding hydrogens is 272 g/mol. The first-order chi connectivity index (χ1) is 10.2. The van der Waals surface area contributed by atoms with Crippen molar-refractivity contribution in [2.24, 2.45) is 0 Å². The fourth-order valence-electron chi connectivity index (χ4n) is 1.99. The zero-order chi connectivity index (χ0) is 15.1. The van der Waals surface area contributed by atoms with E-state index in [4.69, 9.17) is 9.47 Å². The lowest BCUT2D eigenvalue weighted by atomic mass is 10.4. The molecule has 1 N–H and O–H groups in total. The Morgan fingerprint density at radius 2 is 2.05 bits per heavy atom. The fraction of sp³-hybridized carbons (Fsp3) is 0.769. The molecule has 1 aliphatic heterocycles. The average molecular weight is 296 g/mol. The number of hydrogen-bond donors (Lipinski definition) is 1. The number of aromatic nitrogens is 3. The van der Waals surface area contributed by atoms with Gasteiger partial charge in [0.2, 0.25) is 17.8 Å². The summed E-state index contributed by atoms with van der Waals surface area (Å²) in [5.74, 6) is 1.95. The van der Waals surface area contributed by atoms with E-state index in [2.05, 4.69) is 25.2 Å². The third-order valence-electron chi connectivity index (χ3n) is 3.21. The summed E-state index contributed by atoms with van der Waals surface area (Å²) in [6.45, 7) is 7.17. The summed E-state index contributed by atoms with van der Waals surface area (Å²) in [7, 11) is 3.64. The van der Waals surface area contributed by atoms with Gasteiger partial charge in [0.1, 0.15) is 0 Å². The van der Waals surface area contributed by atoms with Crippen molar-refractivity contribution in [3.63, 3.8) is 0 Å². The molecule has 21 heavy (non-hydrogen) atoms. The molecule has 1 aromatic heterocycles. The second-order valence-corrected chi connectivity index (χ2v) is 4.80.